The summed E-state index contributed by atoms with van der Waals surface area (Å²) >= 11 is 0. The van der Waals surface area contributed by atoms with Crippen LogP contribution in [-0.2, 0) is 14.0 Å². The zero-order valence-corrected chi connectivity index (χ0v) is 19.3. The molecule has 3 amide bonds. The second-order valence-electron chi connectivity index (χ2n) is 9.56. The lowest BCUT2D eigenvalue weighted by Gasteiger charge is -2.46. The molecule has 0 spiro atoms. The molecule has 2 fully saturated rings. The van der Waals surface area contributed by atoms with Gasteiger partial charge in [-0.15, -0.1) is 0 Å². The third kappa shape index (κ3) is 3.64. The van der Waals surface area contributed by atoms with Crippen molar-refractivity contribution in [2.45, 2.75) is 75.2 Å². The second kappa shape index (κ2) is 7.22. The number of carbonyl (C=O) groups excluding carboxylic acids is 2. The molecule has 1 saturated carbocycles. The fraction of sp³-hybridized carbons (Fsp3) is 0.833. The maximum atomic E-state index is 13.5. The number of epoxide rings is 1. The molecule has 0 aromatic carbocycles. The average molecular weight is 432 g/mol. The first-order valence-corrected chi connectivity index (χ1v) is 12.5. The Kier molecular flexibility index (Phi) is 5.87. The van der Waals surface area contributed by atoms with E-state index in [1.807, 2.05) is 33.9 Å². The molecule has 1 aliphatic carbocycles. The predicted octanol–water partition coefficient (Wildman–Crippen LogP) is 0.756. The van der Waals surface area contributed by atoms with Gasteiger partial charge in [0.05, 0.1) is 18.8 Å². The number of urea groups is 1. The lowest BCUT2D eigenvalue weighted by atomic mass is 9.84. The van der Waals surface area contributed by atoms with E-state index in [1.54, 1.807) is 6.92 Å². The Labute approximate surface area is 172 Å². The minimum absolute atomic E-state index is 0.181. The number of Topliss-reactive ketones (excluding diaryl/α,β-unsaturated/α-hetero) is 1. The number of amides is 3. The van der Waals surface area contributed by atoms with Crippen molar-refractivity contribution in [1.82, 2.24) is 15.5 Å². The van der Waals surface area contributed by atoms with Crippen LogP contribution in [0, 0.1) is 0 Å². The molecule has 2 aliphatic rings. The standard InChI is InChI=1S/C18H33N3O7Si/c1-10(28-29(7,8)16(2,3)4)18(20-14(24)21(5)6)11(19-15(25)26)12-17(9-22,27-12)13(18)23/h10-12,19,22H,9H2,1-8H3,(H,20,24)(H,25,26)/t10-,11-,12+,17+,18-/m0/s1. The van der Waals surface area contributed by atoms with Crippen LogP contribution in [0.1, 0.15) is 27.7 Å². The van der Waals surface area contributed by atoms with Gasteiger partial charge in [0, 0.05) is 14.1 Å². The molecule has 29 heavy (non-hydrogen) atoms. The van der Waals surface area contributed by atoms with Crippen LogP contribution in [0.4, 0.5) is 9.59 Å². The van der Waals surface area contributed by atoms with Crippen molar-refractivity contribution in [3.8, 4) is 0 Å². The monoisotopic (exact) mass is 431 g/mol. The second-order valence-corrected chi connectivity index (χ2v) is 14.3. The van der Waals surface area contributed by atoms with E-state index in [9.17, 15) is 24.6 Å². The first kappa shape index (κ1) is 23.6. The summed E-state index contributed by atoms with van der Waals surface area (Å²) in [6.45, 7) is 11.2. The van der Waals surface area contributed by atoms with Crippen molar-refractivity contribution in [3.05, 3.63) is 0 Å². The van der Waals surface area contributed by atoms with Crippen molar-refractivity contribution in [1.29, 1.82) is 0 Å². The molecule has 0 aromatic heterocycles. The lowest BCUT2D eigenvalue weighted by molar-refractivity contribution is -0.136. The van der Waals surface area contributed by atoms with Gasteiger partial charge in [0.1, 0.15) is 6.10 Å². The van der Waals surface area contributed by atoms with E-state index in [2.05, 4.69) is 10.6 Å². The van der Waals surface area contributed by atoms with Gasteiger partial charge in [-0.2, -0.15) is 0 Å². The van der Waals surface area contributed by atoms with Crippen LogP contribution >= 0.6 is 0 Å². The quantitative estimate of drug-likeness (QED) is 0.359. The van der Waals surface area contributed by atoms with Gasteiger partial charge in [0.25, 0.3) is 0 Å². The van der Waals surface area contributed by atoms with E-state index in [0.717, 1.165) is 0 Å². The third-order valence-electron chi connectivity index (χ3n) is 6.45. The van der Waals surface area contributed by atoms with Gasteiger partial charge < -0.3 is 34.9 Å². The van der Waals surface area contributed by atoms with Gasteiger partial charge in [0.15, 0.2) is 25.2 Å². The Hall–Kier alpha value is -1.69. The topological polar surface area (TPSA) is 141 Å². The molecule has 1 heterocycles. The molecule has 1 aliphatic heterocycles. The Morgan fingerprint density at radius 3 is 2.31 bits per heavy atom. The smallest absolute Gasteiger partial charge is 0.405 e. The molecule has 0 radical (unpaired) electrons. The number of aliphatic hydroxyl groups excluding tert-OH is 1. The largest absolute Gasteiger partial charge is 0.465 e. The van der Waals surface area contributed by atoms with Gasteiger partial charge >= 0.3 is 12.1 Å². The highest BCUT2D eigenvalue weighted by molar-refractivity contribution is 6.74. The van der Waals surface area contributed by atoms with E-state index in [1.165, 1.54) is 19.0 Å². The number of carbonyl (C=O) groups is 3. The molecule has 11 heteroatoms. The number of ether oxygens (including phenoxy) is 1. The van der Waals surface area contributed by atoms with E-state index in [4.69, 9.17) is 9.16 Å². The summed E-state index contributed by atoms with van der Waals surface area (Å²) in [5, 5.41) is 24.1. The van der Waals surface area contributed by atoms with E-state index in [-0.39, 0.29) is 5.04 Å². The number of fused-ring (bicyclic) bond motifs is 1. The first-order chi connectivity index (χ1) is 13.1. The van der Waals surface area contributed by atoms with Gasteiger partial charge in [-0.25, -0.2) is 9.59 Å². The van der Waals surface area contributed by atoms with Crippen molar-refractivity contribution in [3.63, 3.8) is 0 Å². The fourth-order valence-electron chi connectivity index (χ4n) is 3.64. The third-order valence-corrected chi connectivity index (χ3v) is 11.0. The number of carboxylic acid groups (broad SMARTS) is 1. The highest BCUT2D eigenvalue weighted by Gasteiger charge is 2.82. The van der Waals surface area contributed by atoms with Gasteiger partial charge in [-0.1, -0.05) is 20.8 Å². The average Bonchev–Trinajstić information content (AvgIpc) is 3.26. The number of hydrogen-bond acceptors (Lipinski definition) is 6. The van der Waals surface area contributed by atoms with Crippen LogP contribution in [0.15, 0.2) is 0 Å². The molecule has 2 rings (SSSR count). The molecule has 0 bridgehead atoms. The molecule has 10 nitrogen and oxygen atoms in total. The summed E-state index contributed by atoms with van der Waals surface area (Å²) in [7, 11) is 0.632. The van der Waals surface area contributed by atoms with Crippen LogP contribution in [-0.4, -0.2) is 91.4 Å². The molecule has 1 saturated heterocycles. The van der Waals surface area contributed by atoms with Gasteiger partial charge in [-0.05, 0) is 25.1 Å². The summed E-state index contributed by atoms with van der Waals surface area (Å²) in [5.74, 6) is -0.586. The summed E-state index contributed by atoms with van der Waals surface area (Å²) in [5.41, 5.74) is -3.27. The van der Waals surface area contributed by atoms with Crippen LogP contribution < -0.4 is 10.6 Å². The Bertz CT molecular complexity index is 708. The van der Waals surface area contributed by atoms with Crippen molar-refractivity contribution in [2.75, 3.05) is 20.7 Å². The highest BCUT2D eigenvalue weighted by Crippen LogP contribution is 2.53. The number of ketones is 1. The van der Waals surface area contributed by atoms with Crippen LogP contribution in [0.5, 0.6) is 0 Å². The van der Waals surface area contributed by atoms with Crippen LogP contribution in [0.25, 0.3) is 0 Å². The molecular weight excluding hydrogens is 398 g/mol. The number of nitrogens with one attached hydrogen (secondary N) is 2. The van der Waals surface area contributed by atoms with E-state index >= 15 is 0 Å². The fourth-order valence-corrected chi connectivity index (χ4v) is 5.06. The number of hydrogen-bond donors (Lipinski definition) is 4. The SMILES string of the molecule is C[C@H](O[Si](C)(C)C(C)(C)C)[C@@]1(NC(=O)N(C)C)C(=O)[C@]2(CO)O[C@@H]2[C@@H]1NC(=O)O. The number of aliphatic hydroxyl groups is 1. The molecule has 0 aromatic rings. The Morgan fingerprint density at radius 1 is 1.34 bits per heavy atom. The zero-order valence-electron chi connectivity index (χ0n) is 18.3. The summed E-state index contributed by atoms with van der Waals surface area (Å²) in [4.78, 5) is 38.9. The maximum absolute atomic E-state index is 13.5. The van der Waals surface area contributed by atoms with Gasteiger partial charge in [0.2, 0.25) is 0 Å². The molecule has 5 atom stereocenters. The maximum Gasteiger partial charge on any atom is 0.405 e. The summed E-state index contributed by atoms with van der Waals surface area (Å²) in [6.07, 6.45) is -3.12. The van der Waals surface area contributed by atoms with E-state index < -0.39 is 62.2 Å². The molecular formula is C18H33N3O7Si. The minimum atomic E-state index is -2.40. The molecule has 166 valence electrons. The van der Waals surface area contributed by atoms with Crippen molar-refractivity contribution >= 4 is 26.2 Å². The normalized spacial score (nSPS) is 32.4. The predicted molar refractivity (Wildman–Crippen MR) is 107 cm³/mol. The number of nitrogens with zero attached hydrogens (tertiary/aromatic N) is 1. The van der Waals surface area contributed by atoms with E-state index in [0.29, 0.717) is 0 Å². The molecule has 0 unspecified atom stereocenters. The minimum Gasteiger partial charge on any atom is -0.465 e. The zero-order chi connectivity index (χ0) is 22.6. The summed E-state index contributed by atoms with van der Waals surface area (Å²) in [6, 6.07) is -1.68. The van der Waals surface area contributed by atoms with Crippen molar-refractivity contribution < 1.29 is 33.8 Å². The van der Waals surface area contributed by atoms with Crippen molar-refractivity contribution in [2.24, 2.45) is 0 Å². The first-order valence-electron chi connectivity index (χ1n) is 9.57. The van der Waals surface area contributed by atoms with Crippen LogP contribution in [0.2, 0.25) is 18.1 Å². The Morgan fingerprint density at radius 2 is 1.90 bits per heavy atom. The Balaban J connectivity index is 2.56. The summed E-state index contributed by atoms with van der Waals surface area (Å²) < 4.78 is 11.9. The molecule has 4 N–H and O–H groups in total. The van der Waals surface area contributed by atoms with Crippen LogP contribution in [0.3, 0.4) is 0 Å². The van der Waals surface area contributed by atoms with Gasteiger partial charge in [-0.3, -0.25) is 4.79 Å². The highest BCUT2D eigenvalue weighted by atomic mass is 28.4. The number of rotatable bonds is 6. The lowest BCUT2D eigenvalue weighted by Crippen LogP contribution is -2.73.